The molecule has 0 aliphatic heterocycles. The fraction of sp³-hybridized carbons (Fsp3) is 0.417. The van der Waals surface area contributed by atoms with Gasteiger partial charge in [-0.3, -0.25) is 4.79 Å². The van der Waals surface area contributed by atoms with Gasteiger partial charge in [0.2, 0.25) is 0 Å². The van der Waals surface area contributed by atoms with Crippen molar-refractivity contribution in [1.29, 1.82) is 0 Å². The van der Waals surface area contributed by atoms with Crippen LogP contribution >= 0.6 is 0 Å². The first-order valence-electron chi connectivity index (χ1n) is 5.30. The maximum Gasteiger partial charge on any atom is 0.303 e. The third-order valence-corrected chi connectivity index (χ3v) is 2.22. The number of ether oxygens (including phenoxy) is 1. The fourth-order valence-electron chi connectivity index (χ4n) is 1.47. The lowest BCUT2D eigenvalue weighted by Gasteiger charge is -2.09. The highest BCUT2D eigenvalue weighted by atomic mass is 16.5. The Balaban J connectivity index is 2.65. The molecule has 88 valence electrons. The molecule has 1 aromatic carbocycles. The largest absolute Gasteiger partial charge is 0.504 e. The number of para-hydroxylation sites is 1. The summed E-state index contributed by atoms with van der Waals surface area (Å²) in [7, 11) is 0. The van der Waals surface area contributed by atoms with E-state index >= 15 is 0 Å². The highest BCUT2D eigenvalue weighted by Gasteiger charge is 2.08. The van der Waals surface area contributed by atoms with Crippen LogP contribution in [-0.2, 0) is 11.2 Å². The van der Waals surface area contributed by atoms with Crippen molar-refractivity contribution < 1.29 is 19.7 Å². The van der Waals surface area contributed by atoms with E-state index in [2.05, 4.69) is 0 Å². The summed E-state index contributed by atoms with van der Waals surface area (Å²) in [5, 5.41) is 18.3. The van der Waals surface area contributed by atoms with Crippen molar-refractivity contribution in [3.05, 3.63) is 23.8 Å². The third-order valence-electron chi connectivity index (χ3n) is 2.22. The first-order chi connectivity index (χ1) is 7.65. The van der Waals surface area contributed by atoms with E-state index in [0.717, 1.165) is 5.56 Å². The van der Waals surface area contributed by atoms with Crippen LogP contribution in [0, 0.1) is 0 Å². The van der Waals surface area contributed by atoms with Crippen molar-refractivity contribution in [1.82, 2.24) is 0 Å². The van der Waals surface area contributed by atoms with Gasteiger partial charge in [-0.15, -0.1) is 0 Å². The summed E-state index contributed by atoms with van der Waals surface area (Å²) in [5.74, 6) is -0.245. The van der Waals surface area contributed by atoms with Gasteiger partial charge in [0.25, 0.3) is 0 Å². The molecule has 0 spiro atoms. The molecule has 0 unspecified atom stereocenters. The van der Waals surface area contributed by atoms with E-state index in [0.29, 0.717) is 25.2 Å². The Morgan fingerprint density at radius 2 is 2.19 bits per heavy atom. The van der Waals surface area contributed by atoms with Crippen molar-refractivity contribution in [2.45, 2.75) is 26.2 Å². The maximum absolute atomic E-state index is 10.4. The summed E-state index contributed by atoms with van der Waals surface area (Å²) in [6.07, 6.45) is 1.16. The lowest BCUT2D eigenvalue weighted by atomic mass is 10.1. The molecule has 4 heteroatoms. The lowest BCUT2D eigenvalue weighted by Crippen LogP contribution is -1.97. The highest BCUT2D eigenvalue weighted by molar-refractivity contribution is 5.66. The Bertz CT molecular complexity index is 360. The Kier molecular flexibility index (Phi) is 4.64. The molecule has 0 amide bonds. The Hall–Kier alpha value is -1.71. The van der Waals surface area contributed by atoms with Crippen molar-refractivity contribution in [2.75, 3.05) is 6.61 Å². The van der Waals surface area contributed by atoms with Crippen molar-refractivity contribution in [2.24, 2.45) is 0 Å². The third kappa shape index (κ3) is 3.46. The lowest BCUT2D eigenvalue weighted by molar-refractivity contribution is -0.137. The van der Waals surface area contributed by atoms with Gasteiger partial charge in [0.1, 0.15) is 0 Å². The number of aromatic hydroxyl groups is 1. The molecule has 0 radical (unpaired) electrons. The van der Waals surface area contributed by atoms with E-state index in [-0.39, 0.29) is 12.2 Å². The minimum absolute atomic E-state index is 0.109. The zero-order valence-electron chi connectivity index (χ0n) is 9.27. The summed E-state index contributed by atoms with van der Waals surface area (Å²) in [6, 6.07) is 5.26. The predicted octanol–water partition coefficient (Wildman–Crippen LogP) is 2.20. The van der Waals surface area contributed by atoms with Gasteiger partial charge in [-0.05, 0) is 31.4 Å². The molecule has 16 heavy (non-hydrogen) atoms. The van der Waals surface area contributed by atoms with Crippen LogP contribution in [0.3, 0.4) is 0 Å². The minimum Gasteiger partial charge on any atom is -0.504 e. The number of phenolic OH excluding ortho intramolecular Hbond substituents is 1. The molecule has 0 aliphatic rings. The van der Waals surface area contributed by atoms with Crippen LogP contribution in [-0.4, -0.2) is 22.8 Å². The van der Waals surface area contributed by atoms with Gasteiger partial charge in [-0.25, -0.2) is 0 Å². The van der Waals surface area contributed by atoms with Crippen LogP contribution in [0.5, 0.6) is 11.5 Å². The van der Waals surface area contributed by atoms with Gasteiger partial charge < -0.3 is 14.9 Å². The maximum atomic E-state index is 10.4. The highest BCUT2D eigenvalue weighted by Crippen LogP contribution is 2.30. The molecule has 1 aromatic rings. The number of aryl methyl sites for hydroxylation is 1. The Labute approximate surface area is 94.5 Å². The SMILES string of the molecule is CCOc1cccc(CCCC(=O)O)c1O. The molecule has 0 aliphatic carbocycles. The molecule has 0 atom stereocenters. The van der Waals surface area contributed by atoms with Gasteiger partial charge in [0.05, 0.1) is 6.61 Å². The number of carboxylic acids is 1. The van der Waals surface area contributed by atoms with Crippen LogP contribution in [0.15, 0.2) is 18.2 Å². The number of rotatable bonds is 6. The second-order valence-electron chi connectivity index (χ2n) is 3.44. The zero-order valence-corrected chi connectivity index (χ0v) is 9.27. The van der Waals surface area contributed by atoms with Crippen LogP contribution in [0.25, 0.3) is 0 Å². The van der Waals surface area contributed by atoms with Gasteiger partial charge >= 0.3 is 5.97 Å². The van der Waals surface area contributed by atoms with E-state index in [1.807, 2.05) is 6.92 Å². The Morgan fingerprint density at radius 3 is 2.81 bits per heavy atom. The number of carbonyl (C=O) groups is 1. The van der Waals surface area contributed by atoms with Gasteiger partial charge in [0, 0.05) is 6.42 Å². The molecule has 0 bridgehead atoms. The molecule has 0 fully saturated rings. The van der Waals surface area contributed by atoms with Crippen LogP contribution in [0.4, 0.5) is 0 Å². The minimum atomic E-state index is -0.819. The summed E-state index contributed by atoms with van der Waals surface area (Å²) in [5.41, 5.74) is 0.729. The van der Waals surface area contributed by atoms with E-state index in [9.17, 15) is 9.90 Å². The summed E-state index contributed by atoms with van der Waals surface area (Å²) < 4.78 is 5.24. The number of hydrogen-bond acceptors (Lipinski definition) is 3. The van der Waals surface area contributed by atoms with E-state index < -0.39 is 5.97 Å². The van der Waals surface area contributed by atoms with Crippen LogP contribution in [0.2, 0.25) is 0 Å². The summed E-state index contributed by atoms with van der Waals surface area (Å²) in [4.78, 5) is 10.4. The number of phenols is 1. The Morgan fingerprint density at radius 1 is 1.44 bits per heavy atom. The van der Waals surface area contributed by atoms with Crippen molar-refractivity contribution >= 4 is 5.97 Å². The molecule has 2 N–H and O–H groups in total. The summed E-state index contributed by atoms with van der Waals surface area (Å²) >= 11 is 0. The molecular weight excluding hydrogens is 208 g/mol. The van der Waals surface area contributed by atoms with Gasteiger partial charge in [-0.1, -0.05) is 12.1 Å². The smallest absolute Gasteiger partial charge is 0.303 e. The fourth-order valence-corrected chi connectivity index (χ4v) is 1.47. The molecule has 4 nitrogen and oxygen atoms in total. The predicted molar refractivity (Wildman–Crippen MR) is 59.8 cm³/mol. The molecular formula is C12H16O4. The second kappa shape index (κ2) is 6.00. The molecule has 0 heterocycles. The quantitative estimate of drug-likeness (QED) is 0.777. The van der Waals surface area contributed by atoms with Gasteiger partial charge in [-0.2, -0.15) is 0 Å². The summed E-state index contributed by atoms with van der Waals surface area (Å²) in [6.45, 7) is 2.34. The first kappa shape index (κ1) is 12.4. The normalized spacial score (nSPS) is 10.1. The van der Waals surface area contributed by atoms with E-state index in [4.69, 9.17) is 9.84 Å². The number of hydrogen-bond donors (Lipinski definition) is 2. The zero-order chi connectivity index (χ0) is 12.0. The molecule has 0 aromatic heterocycles. The average Bonchev–Trinajstić information content (AvgIpc) is 2.23. The topological polar surface area (TPSA) is 66.8 Å². The van der Waals surface area contributed by atoms with Crippen LogP contribution < -0.4 is 4.74 Å². The molecule has 0 saturated carbocycles. The van der Waals surface area contributed by atoms with Crippen LogP contribution in [0.1, 0.15) is 25.3 Å². The standard InChI is InChI=1S/C12H16O4/c1-2-16-10-7-3-5-9(12(10)15)6-4-8-11(13)14/h3,5,7,15H,2,4,6,8H2,1H3,(H,13,14). The number of benzene rings is 1. The van der Waals surface area contributed by atoms with Crippen molar-refractivity contribution in [3.63, 3.8) is 0 Å². The number of carboxylic acid groups (broad SMARTS) is 1. The monoisotopic (exact) mass is 224 g/mol. The van der Waals surface area contributed by atoms with E-state index in [1.54, 1.807) is 18.2 Å². The molecule has 0 saturated heterocycles. The molecule has 1 rings (SSSR count). The second-order valence-corrected chi connectivity index (χ2v) is 3.44. The van der Waals surface area contributed by atoms with E-state index in [1.165, 1.54) is 0 Å². The average molecular weight is 224 g/mol. The van der Waals surface area contributed by atoms with Gasteiger partial charge in [0.15, 0.2) is 11.5 Å². The first-order valence-corrected chi connectivity index (χ1v) is 5.30. The van der Waals surface area contributed by atoms with Crippen molar-refractivity contribution in [3.8, 4) is 11.5 Å². The number of aliphatic carboxylic acids is 1.